The molecule has 2 fully saturated rings. The first-order valence-electron chi connectivity index (χ1n) is 9.44. The van der Waals surface area contributed by atoms with Crippen LogP contribution in [0.5, 0.6) is 0 Å². The molecule has 7 nitrogen and oxygen atoms in total. The summed E-state index contributed by atoms with van der Waals surface area (Å²) in [6.45, 7) is 5.27. The van der Waals surface area contributed by atoms with Crippen LogP contribution in [0.1, 0.15) is 49.7 Å². The Labute approximate surface area is 149 Å². The molecule has 134 valence electrons. The van der Waals surface area contributed by atoms with Gasteiger partial charge in [0.1, 0.15) is 11.6 Å². The lowest BCUT2D eigenvalue weighted by molar-refractivity contribution is 0.213. The van der Waals surface area contributed by atoms with Crippen molar-refractivity contribution >= 4 is 5.95 Å². The molecule has 0 aromatic carbocycles. The molecular formula is C18H27N7. The number of hydrogen-bond donors (Lipinski definition) is 0. The van der Waals surface area contributed by atoms with E-state index in [1.165, 1.54) is 32.4 Å². The van der Waals surface area contributed by atoms with Crippen LogP contribution in [0.15, 0.2) is 18.5 Å². The number of hydrogen-bond acceptors (Lipinski definition) is 6. The van der Waals surface area contributed by atoms with Gasteiger partial charge in [0, 0.05) is 38.4 Å². The topological polar surface area (TPSA) is 63.0 Å². The van der Waals surface area contributed by atoms with E-state index in [0.29, 0.717) is 5.92 Å². The van der Waals surface area contributed by atoms with Crippen molar-refractivity contribution in [3.63, 3.8) is 0 Å². The summed E-state index contributed by atoms with van der Waals surface area (Å²) < 4.78 is 2.23. The maximum absolute atomic E-state index is 4.54. The predicted octanol–water partition coefficient (Wildman–Crippen LogP) is 1.97. The summed E-state index contributed by atoms with van der Waals surface area (Å²) in [7, 11) is 2.13. The van der Waals surface area contributed by atoms with Crippen LogP contribution in [0.25, 0.3) is 0 Å². The van der Waals surface area contributed by atoms with E-state index in [-0.39, 0.29) is 0 Å². The molecular weight excluding hydrogens is 314 g/mol. The van der Waals surface area contributed by atoms with Crippen molar-refractivity contribution in [2.75, 3.05) is 31.1 Å². The second-order valence-electron chi connectivity index (χ2n) is 7.18. The van der Waals surface area contributed by atoms with E-state index in [1.807, 2.05) is 18.5 Å². The Morgan fingerprint density at radius 3 is 2.40 bits per heavy atom. The standard InChI is InChI=1S/C18H27N7/c1-23-16(14-24-10-3-2-4-11-24)21-22-17(23)15-6-12-25(13-7-15)18-19-8-5-9-20-18/h5,8-9,15H,2-4,6-7,10-14H2,1H3. The Balaban J connectivity index is 1.38. The van der Waals surface area contributed by atoms with Crippen LogP contribution in [0.4, 0.5) is 5.95 Å². The molecule has 0 atom stereocenters. The Morgan fingerprint density at radius 1 is 0.960 bits per heavy atom. The lowest BCUT2D eigenvalue weighted by Gasteiger charge is -2.31. The van der Waals surface area contributed by atoms with Crippen molar-refractivity contribution in [3.8, 4) is 0 Å². The minimum absolute atomic E-state index is 0.479. The van der Waals surface area contributed by atoms with E-state index in [2.05, 4.69) is 41.6 Å². The van der Waals surface area contributed by atoms with Gasteiger partial charge < -0.3 is 9.47 Å². The number of aromatic nitrogens is 5. The maximum Gasteiger partial charge on any atom is 0.225 e. The van der Waals surface area contributed by atoms with E-state index in [4.69, 9.17) is 0 Å². The second kappa shape index (κ2) is 7.47. The number of likely N-dealkylation sites (tertiary alicyclic amines) is 1. The first-order valence-corrected chi connectivity index (χ1v) is 9.44. The molecule has 25 heavy (non-hydrogen) atoms. The molecule has 0 saturated carbocycles. The third-order valence-electron chi connectivity index (χ3n) is 5.51. The molecule has 0 amide bonds. The Hall–Kier alpha value is -2.02. The average molecular weight is 341 g/mol. The normalized spacial score (nSPS) is 20.1. The van der Waals surface area contributed by atoms with Gasteiger partial charge in [0.2, 0.25) is 5.95 Å². The Kier molecular flexibility index (Phi) is 4.92. The summed E-state index contributed by atoms with van der Waals surface area (Å²) in [5.41, 5.74) is 0. The van der Waals surface area contributed by atoms with Gasteiger partial charge in [-0.3, -0.25) is 4.90 Å². The molecule has 0 N–H and O–H groups in total. The van der Waals surface area contributed by atoms with E-state index in [0.717, 1.165) is 50.1 Å². The van der Waals surface area contributed by atoms with Gasteiger partial charge in [0.05, 0.1) is 6.54 Å². The van der Waals surface area contributed by atoms with Crippen LogP contribution in [-0.4, -0.2) is 55.8 Å². The van der Waals surface area contributed by atoms with E-state index < -0.39 is 0 Å². The Bertz CT molecular complexity index is 670. The third kappa shape index (κ3) is 3.66. The van der Waals surface area contributed by atoms with Crippen LogP contribution < -0.4 is 4.90 Å². The molecule has 2 aliphatic heterocycles. The summed E-state index contributed by atoms with van der Waals surface area (Å²) in [4.78, 5) is 13.5. The zero-order chi connectivity index (χ0) is 17.1. The summed E-state index contributed by atoms with van der Waals surface area (Å²) in [5, 5.41) is 9.03. The van der Waals surface area contributed by atoms with Crippen LogP contribution in [0.3, 0.4) is 0 Å². The molecule has 0 spiro atoms. The Morgan fingerprint density at radius 2 is 1.68 bits per heavy atom. The number of piperidine rings is 2. The first-order chi connectivity index (χ1) is 12.3. The monoisotopic (exact) mass is 341 g/mol. The molecule has 7 heteroatoms. The highest BCUT2D eigenvalue weighted by atomic mass is 15.3. The van der Waals surface area contributed by atoms with Gasteiger partial charge in [-0.1, -0.05) is 6.42 Å². The molecule has 4 rings (SSSR count). The van der Waals surface area contributed by atoms with Gasteiger partial charge in [-0.25, -0.2) is 9.97 Å². The number of anilines is 1. The van der Waals surface area contributed by atoms with Gasteiger partial charge >= 0.3 is 0 Å². The number of nitrogens with zero attached hydrogens (tertiary/aromatic N) is 7. The summed E-state index contributed by atoms with van der Waals surface area (Å²) in [6, 6.07) is 1.86. The fourth-order valence-electron chi connectivity index (χ4n) is 3.98. The third-order valence-corrected chi connectivity index (χ3v) is 5.51. The first kappa shape index (κ1) is 16.4. The highest BCUT2D eigenvalue weighted by molar-refractivity contribution is 5.29. The largest absolute Gasteiger partial charge is 0.341 e. The van der Waals surface area contributed by atoms with Gasteiger partial charge in [0.15, 0.2) is 0 Å². The molecule has 0 bridgehead atoms. The molecule has 0 unspecified atom stereocenters. The molecule has 0 radical (unpaired) electrons. The lowest BCUT2D eigenvalue weighted by Crippen LogP contribution is -2.35. The predicted molar refractivity (Wildman–Crippen MR) is 96.4 cm³/mol. The van der Waals surface area contributed by atoms with E-state index in [1.54, 1.807) is 0 Å². The van der Waals surface area contributed by atoms with Crippen LogP contribution in [0, 0.1) is 0 Å². The maximum atomic E-state index is 4.54. The van der Waals surface area contributed by atoms with Crippen molar-refractivity contribution in [2.24, 2.45) is 7.05 Å². The zero-order valence-corrected chi connectivity index (χ0v) is 15.0. The molecule has 2 saturated heterocycles. The number of rotatable bonds is 4. The lowest BCUT2D eigenvalue weighted by atomic mass is 9.96. The fourth-order valence-corrected chi connectivity index (χ4v) is 3.98. The summed E-state index contributed by atoms with van der Waals surface area (Å²) >= 11 is 0. The fraction of sp³-hybridized carbons (Fsp3) is 0.667. The quantitative estimate of drug-likeness (QED) is 0.847. The minimum Gasteiger partial charge on any atom is -0.341 e. The average Bonchev–Trinajstić information content (AvgIpc) is 3.04. The molecule has 2 aliphatic rings. The van der Waals surface area contributed by atoms with Crippen molar-refractivity contribution in [2.45, 2.75) is 44.6 Å². The SMILES string of the molecule is Cn1c(CN2CCCCC2)nnc1C1CCN(c2ncccn2)CC1. The smallest absolute Gasteiger partial charge is 0.225 e. The van der Waals surface area contributed by atoms with Crippen molar-refractivity contribution < 1.29 is 0 Å². The minimum atomic E-state index is 0.479. The van der Waals surface area contributed by atoms with Crippen LogP contribution in [-0.2, 0) is 13.6 Å². The van der Waals surface area contributed by atoms with Crippen molar-refractivity contribution in [1.29, 1.82) is 0 Å². The van der Waals surface area contributed by atoms with Crippen molar-refractivity contribution in [1.82, 2.24) is 29.6 Å². The highest BCUT2D eigenvalue weighted by Gasteiger charge is 2.26. The summed E-state index contributed by atoms with van der Waals surface area (Å²) in [5.74, 6) is 3.56. The van der Waals surface area contributed by atoms with Crippen molar-refractivity contribution in [3.05, 3.63) is 30.1 Å². The van der Waals surface area contributed by atoms with Crippen LogP contribution in [0.2, 0.25) is 0 Å². The summed E-state index contributed by atoms with van der Waals surface area (Å²) in [6.07, 6.45) is 9.76. The molecule has 0 aliphatic carbocycles. The second-order valence-corrected chi connectivity index (χ2v) is 7.18. The van der Waals surface area contributed by atoms with E-state index in [9.17, 15) is 0 Å². The van der Waals surface area contributed by atoms with Crippen LogP contribution >= 0.6 is 0 Å². The molecule has 4 heterocycles. The molecule has 2 aromatic heterocycles. The van der Waals surface area contributed by atoms with Gasteiger partial charge in [0.25, 0.3) is 0 Å². The highest BCUT2D eigenvalue weighted by Crippen LogP contribution is 2.28. The molecule has 2 aromatic rings. The van der Waals surface area contributed by atoms with Gasteiger partial charge in [-0.05, 0) is 44.8 Å². The van der Waals surface area contributed by atoms with Gasteiger partial charge in [-0.15, -0.1) is 10.2 Å². The van der Waals surface area contributed by atoms with Gasteiger partial charge in [-0.2, -0.15) is 0 Å². The zero-order valence-electron chi connectivity index (χ0n) is 15.0. The van der Waals surface area contributed by atoms with E-state index >= 15 is 0 Å².